The molecular formula is C48H31NOS. The minimum Gasteiger partial charge on any atom is -0.454 e. The van der Waals surface area contributed by atoms with Crippen molar-refractivity contribution in [3.05, 3.63) is 188 Å². The third kappa shape index (κ3) is 5.01. The van der Waals surface area contributed by atoms with Gasteiger partial charge < -0.3 is 9.32 Å². The van der Waals surface area contributed by atoms with E-state index >= 15 is 0 Å². The van der Waals surface area contributed by atoms with Crippen LogP contribution in [0.15, 0.2) is 192 Å². The summed E-state index contributed by atoms with van der Waals surface area (Å²) < 4.78 is 9.36. The van der Waals surface area contributed by atoms with Crippen LogP contribution in [0.2, 0.25) is 0 Å². The highest BCUT2D eigenvalue weighted by atomic mass is 32.1. The van der Waals surface area contributed by atoms with E-state index in [1.807, 2.05) is 17.4 Å². The second-order valence-corrected chi connectivity index (χ2v) is 13.9. The van der Waals surface area contributed by atoms with Crippen molar-refractivity contribution >= 4 is 70.5 Å². The molecule has 2 aromatic heterocycles. The molecule has 0 saturated carbocycles. The predicted octanol–water partition coefficient (Wildman–Crippen LogP) is 14.4. The van der Waals surface area contributed by atoms with E-state index in [1.165, 1.54) is 42.4 Å². The molecule has 0 atom stereocenters. The standard InChI is InChI=1S/C48H31NOS/c1-3-12-32(13-4-1)33-22-24-34(25-23-33)35-26-28-37(29-27-35)49(43-19-11-18-42-40-17-8-10-21-45(40)51-48(42)43)46-38(36-14-5-2-6-15-36)30-31-41-39-16-7-9-20-44(39)50-47(41)46/h1-31H. The minimum atomic E-state index is 0.872. The molecule has 0 saturated heterocycles. The van der Waals surface area contributed by atoms with Crippen LogP contribution in [0, 0.1) is 0 Å². The van der Waals surface area contributed by atoms with E-state index < -0.39 is 0 Å². The second kappa shape index (κ2) is 12.2. The van der Waals surface area contributed by atoms with Gasteiger partial charge in [0.05, 0.1) is 16.1 Å². The van der Waals surface area contributed by atoms with Crippen LogP contribution < -0.4 is 4.90 Å². The summed E-state index contributed by atoms with van der Waals surface area (Å²) in [5.41, 5.74) is 12.0. The first-order valence-corrected chi connectivity index (χ1v) is 18.1. The number of benzene rings is 8. The first-order valence-electron chi connectivity index (χ1n) is 17.3. The number of rotatable bonds is 6. The normalized spacial score (nSPS) is 11.5. The number of hydrogen-bond donors (Lipinski definition) is 0. The van der Waals surface area contributed by atoms with Gasteiger partial charge >= 0.3 is 0 Å². The molecule has 0 aliphatic heterocycles. The Bertz CT molecular complexity index is 2830. The number of anilines is 3. The molecule has 0 aliphatic carbocycles. The molecule has 10 rings (SSSR count). The molecule has 3 heteroatoms. The lowest BCUT2D eigenvalue weighted by Crippen LogP contribution is -2.12. The highest BCUT2D eigenvalue weighted by molar-refractivity contribution is 7.26. The maximum atomic E-state index is 6.84. The molecular weight excluding hydrogens is 639 g/mol. The largest absolute Gasteiger partial charge is 0.454 e. The summed E-state index contributed by atoms with van der Waals surface area (Å²) in [7, 11) is 0. The topological polar surface area (TPSA) is 16.4 Å². The van der Waals surface area contributed by atoms with E-state index in [4.69, 9.17) is 4.42 Å². The summed E-state index contributed by atoms with van der Waals surface area (Å²) in [5, 5.41) is 4.75. The monoisotopic (exact) mass is 669 g/mol. The molecule has 240 valence electrons. The number of hydrogen-bond acceptors (Lipinski definition) is 3. The van der Waals surface area contributed by atoms with Crippen molar-refractivity contribution < 1.29 is 4.42 Å². The van der Waals surface area contributed by atoms with Crippen LogP contribution in [0.4, 0.5) is 17.1 Å². The van der Waals surface area contributed by atoms with Gasteiger partial charge in [0, 0.05) is 37.5 Å². The van der Waals surface area contributed by atoms with Gasteiger partial charge in [0.25, 0.3) is 0 Å². The molecule has 0 amide bonds. The Balaban J connectivity index is 1.21. The fourth-order valence-electron chi connectivity index (χ4n) is 7.43. The molecule has 51 heavy (non-hydrogen) atoms. The van der Waals surface area contributed by atoms with Gasteiger partial charge in [0.2, 0.25) is 0 Å². The third-order valence-corrected chi connectivity index (χ3v) is 11.1. The smallest absolute Gasteiger partial charge is 0.160 e. The minimum absolute atomic E-state index is 0.872. The van der Waals surface area contributed by atoms with Crippen LogP contribution in [0.3, 0.4) is 0 Å². The molecule has 8 aromatic carbocycles. The molecule has 0 unspecified atom stereocenters. The molecule has 0 fully saturated rings. The van der Waals surface area contributed by atoms with Crippen LogP contribution in [0.25, 0.3) is 75.5 Å². The summed E-state index contributed by atoms with van der Waals surface area (Å²) >= 11 is 1.85. The zero-order chi connectivity index (χ0) is 33.7. The second-order valence-electron chi connectivity index (χ2n) is 12.9. The van der Waals surface area contributed by atoms with Crippen LogP contribution >= 0.6 is 11.3 Å². The van der Waals surface area contributed by atoms with E-state index in [0.29, 0.717) is 0 Å². The molecule has 2 nitrogen and oxygen atoms in total. The zero-order valence-electron chi connectivity index (χ0n) is 27.7. The molecule has 2 heterocycles. The highest BCUT2D eigenvalue weighted by Gasteiger charge is 2.26. The molecule has 0 aliphatic rings. The number of fused-ring (bicyclic) bond motifs is 6. The Kier molecular flexibility index (Phi) is 7.04. The van der Waals surface area contributed by atoms with Crippen molar-refractivity contribution in [3.63, 3.8) is 0 Å². The maximum Gasteiger partial charge on any atom is 0.160 e. The third-order valence-electron chi connectivity index (χ3n) is 9.90. The Labute approximate surface area is 300 Å². The fourth-order valence-corrected chi connectivity index (χ4v) is 8.64. The van der Waals surface area contributed by atoms with Crippen molar-refractivity contribution in [3.8, 4) is 33.4 Å². The maximum absolute atomic E-state index is 6.84. The number of para-hydroxylation sites is 1. The van der Waals surface area contributed by atoms with Crippen molar-refractivity contribution in [1.82, 2.24) is 0 Å². The lowest BCUT2D eigenvalue weighted by molar-refractivity contribution is 0.669. The zero-order valence-corrected chi connectivity index (χ0v) is 28.5. The van der Waals surface area contributed by atoms with Gasteiger partial charge in [0.1, 0.15) is 5.58 Å². The Morgan fingerprint density at radius 1 is 0.392 bits per heavy atom. The van der Waals surface area contributed by atoms with E-state index in [-0.39, 0.29) is 0 Å². The Morgan fingerprint density at radius 2 is 0.961 bits per heavy atom. The van der Waals surface area contributed by atoms with Gasteiger partial charge in [0.15, 0.2) is 5.58 Å². The fraction of sp³-hybridized carbons (Fsp3) is 0. The number of nitrogens with zero attached hydrogens (tertiary/aromatic N) is 1. The van der Waals surface area contributed by atoms with Gasteiger partial charge in [-0.05, 0) is 64.2 Å². The van der Waals surface area contributed by atoms with Crippen molar-refractivity contribution in [1.29, 1.82) is 0 Å². The first kappa shape index (κ1) is 29.5. The van der Waals surface area contributed by atoms with Crippen LogP contribution in [0.5, 0.6) is 0 Å². The lowest BCUT2D eigenvalue weighted by Gasteiger charge is -2.28. The molecule has 10 aromatic rings. The molecule has 0 spiro atoms. The van der Waals surface area contributed by atoms with Gasteiger partial charge in [-0.15, -0.1) is 11.3 Å². The Hall–Kier alpha value is -6.42. The van der Waals surface area contributed by atoms with Crippen molar-refractivity contribution in [2.75, 3.05) is 4.90 Å². The number of thiophene rings is 1. The van der Waals surface area contributed by atoms with Crippen molar-refractivity contribution in [2.45, 2.75) is 0 Å². The van der Waals surface area contributed by atoms with E-state index in [9.17, 15) is 0 Å². The van der Waals surface area contributed by atoms with E-state index in [0.717, 1.165) is 50.1 Å². The van der Waals surface area contributed by atoms with Crippen LogP contribution in [0.1, 0.15) is 0 Å². The summed E-state index contributed by atoms with van der Waals surface area (Å²) in [6.07, 6.45) is 0. The summed E-state index contributed by atoms with van der Waals surface area (Å²) in [6.45, 7) is 0. The van der Waals surface area contributed by atoms with Crippen LogP contribution in [-0.4, -0.2) is 0 Å². The van der Waals surface area contributed by atoms with Gasteiger partial charge in [-0.3, -0.25) is 0 Å². The van der Waals surface area contributed by atoms with E-state index in [2.05, 4.69) is 187 Å². The summed E-state index contributed by atoms with van der Waals surface area (Å²) in [5.74, 6) is 0. The summed E-state index contributed by atoms with van der Waals surface area (Å²) in [6, 6.07) is 67.3. The highest BCUT2D eigenvalue weighted by Crippen LogP contribution is 2.51. The average molecular weight is 670 g/mol. The molecule has 0 radical (unpaired) electrons. The van der Waals surface area contributed by atoms with Crippen molar-refractivity contribution in [2.24, 2.45) is 0 Å². The summed E-state index contributed by atoms with van der Waals surface area (Å²) in [4.78, 5) is 2.42. The van der Waals surface area contributed by atoms with Crippen LogP contribution in [-0.2, 0) is 0 Å². The Morgan fingerprint density at radius 3 is 1.69 bits per heavy atom. The van der Waals surface area contributed by atoms with E-state index in [1.54, 1.807) is 0 Å². The van der Waals surface area contributed by atoms with Gasteiger partial charge in [-0.1, -0.05) is 152 Å². The van der Waals surface area contributed by atoms with Gasteiger partial charge in [-0.2, -0.15) is 0 Å². The SMILES string of the molecule is c1ccc(-c2ccc(-c3ccc(N(c4c(-c5ccccc5)ccc5c4oc4ccccc45)c4cccc5c4sc4ccccc45)cc3)cc2)cc1. The lowest BCUT2D eigenvalue weighted by atomic mass is 9.98. The predicted molar refractivity (Wildman–Crippen MR) is 218 cm³/mol. The quantitative estimate of drug-likeness (QED) is 0.175. The van der Waals surface area contributed by atoms with Gasteiger partial charge in [-0.25, -0.2) is 0 Å². The number of furan rings is 1. The average Bonchev–Trinajstić information content (AvgIpc) is 3.78. The first-order chi connectivity index (χ1) is 25.3. The molecule has 0 N–H and O–H groups in total. The molecule has 0 bridgehead atoms.